The number of carbonyl (C=O) groups excluding carboxylic acids is 3. The minimum atomic E-state index is -0.559. The first-order valence-corrected chi connectivity index (χ1v) is 10.3. The molecule has 9 nitrogen and oxygen atoms in total. The van der Waals surface area contributed by atoms with Crippen LogP contribution >= 0.6 is 11.3 Å². The number of benzene rings is 1. The van der Waals surface area contributed by atoms with E-state index in [4.69, 9.17) is 18.6 Å². The summed E-state index contributed by atoms with van der Waals surface area (Å²) in [6.45, 7) is -0.131. The monoisotopic (exact) mass is 458 g/mol. The second-order valence-electron chi connectivity index (χ2n) is 6.55. The van der Waals surface area contributed by atoms with Crippen LogP contribution < -0.4 is 14.8 Å². The Balaban J connectivity index is 1.80. The molecule has 0 bridgehead atoms. The minimum absolute atomic E-state index is 0.119. The number of amides is 2. The van der Waals surface area contributed by atoms with Crippen LogP contribution in [0.4, 0.5) is 5.00 Å². The van der Waals surface area contributed by atoms with Gasteiger partial charge in [-0.1, -0.05) is 0 Å². The number of hydrogen-bond acceptors (Lipinski definition) is 8. The Bertz CT molecular complexity index is 1070. The molecule has 2 amide bonds. The topological polar surface area (TPSA) is 107 Å². The third kappa shape index (κ3) is 5.67. The van der Waals surface area contributed by atoms with Crippen molar-refractivity contribution in [3.05, 3.63) is 64.9 Å². The van der Waals surface area contributed by atoms with Crippen molar-refractivity contribution < 1.29 is 33.0 Å². The van der Waals surface area contributed by atoms with Gasteiger partial charge in [0.1, 0.15) is 18.0 Å². The van der Waals surface area contributed by atoms with Crippen LogP contribution in [-0.4, -0.2) is 50.6 Å². The molecule has 2 heterocycles. The number of methoxy groups -OCH3 is 3. The number of thiophene rings is 1. The lowest BCUT2D eigenvalue weighted by atomic mass is 10.1. The maximum Gasteiger partial charge on any atom is 0.325 e. The van der Waals surface area contributed by atoms with Crippen molar-refractivity contribution in [2.75, 3.05) is 33.2 Å². The predicted molar refractivity (Wildman–Crippen MR) is 117 cm³/mol. The lowest BCUT2D eigenvalue weighted by molar-refractivity contribution is -0.141. The van der Waals surface area contributed by atoms with Crippen molar-refractivity contribution in [1.29, 1.82) is 0 Å². The summed E-state index contributed by atoms with van der Waals surface area (Å²) in [6.07, 6.45) is 1.40. The van der Waals surface area contributed by atoms with Crippen LogP contribution in [0.3, 0.4) is 0 Å². The summed E-state index contributed by atoms with van der Waals surface area (Å²) in [7, 11) is 4.31. The van der Waals surface area contributed by atoms with E-state index in [9.17, 15) is 14.4 Å². The fraction of sp³-hybridized carbons (Fsp3) is 0.227. The van der Waals surface area contributed by atoms with E-state index < -0.39 is 11.9 Å². The molecular weight excluding hydrogens is 436 g/mol. The molecule has 3 aromatic rings. The van der Waals surface area contributed by atoms with Crippen LogP contribution in [-0.2, 0) is 16.1 Å². The second kappa shape index (κ2) is 10.5. The molecule has 2 aromatic heterocycles. The average Bonchev–Trinajstić information content (AvgIpc) is 3.50. The second-order valence-corrected chi connectivity index (χ2v) is 7.64. The van der Waals surface area contributed by atoms with Crippen LogP contribution in [0.2, 0.25) is 0 Å². The largest absolute Gasteiger partial charge is 0.497 e. The van der Waals surface area contributed by atoms with Gasteiger partial charge in [-0.15, -0.1) is 11.3 Å². The Morgan fingerprint density at radius 3 is 2.34 bits per heavy atom. The van der Waals surface area contributed by atoms with Gasteiger partial charge in [0.05, 0.1) is 37.5 Å². The fourth-order valence-electron chi connectivity index (χ4n) is 2.86. The molecule has 0 aliphatic heterocycles. The Labute approximate surface area is 188 Å². The first-order valence-electron chi connectivity index (χ1n) is 9.46. The summed E-state index contributed by atoms with van der Waals surface area (Å²) < 4.78 is 20.4. The van der Waals surface area contributed by atoms with Gasteiger partial charge in [-0.25, -0.2) is 0 Å². The standard InChI is InChI=1S/C22H22N2O7S/c1-28-15-9-14(10-16(11-15)29-2)12-24(13-20(25)30-3)22(27)18-6-7-19(32-18)23-21(26)17-5-4-8-31-17/h4-11H,12-13H2,1-3H3,(H,23,26). The number of nitrogens with zero attached hydrogens (tertiary/aromatic N) is 1. The molecule has 32 heavy (non-hydrogen) atoms. The van der Waals surface area contributed by atoms with Crippen LogP contribution in [0.15, 0.2) is 53.1 Å². The van der Waals surface area contributed by atoms with Crippen molar-refractivity contribution in [2.24, 2.45) is 0 Å². The minimum Gasteiger partial charge on any atom is -0.497 e. The summed E-state index contributed by atoms with van der Waals surface area (Å²) in [5, 5.41) is 3.15. The summed E-state index contributed by atoms with van der Waals surface area (Å²) >= 11 is 1.09. The van der Waals surface area contributed by atoms with Gasteiger partial charge in [0.15, 0.2) is 5.76 Å². The molecule has 0 spiro atoms. The highest BCUT2D eigenvalue weighted by Gasteiger charge is 2.22. The number of nitrogens with one attached hydrogen (secondary N) is 1. The summed E-state index contributed by atoms with van der Waals surface area (Å²) in [4.78, 5) is 39.0. The average molecular weight is 458 g/mol. The van der Waals surface area contributed by atoms with Gasteiger partial charge < -0.3 is 28.8 Å². The van der Waals surface area contributed by atoms with Crippen LogP contribution in [0.5, 0.6) is 11.5 Å². The quantitative estimate of drug-likeness (QED) is 0.490. The molecule has 1 N–H and O–H groups in total. The fourth-order valence-corrected chi connectivity index (χ4v) is 3.72. The summed E-state index contributed by atoms with van der Waals surface area (Å²) in [5.41, 5.74) is 0.710. The van der Waals surface area contributed by atoms with E-state index in [1.54, 1.807) is 36.4 Å². The SMILES string of the molecule is COC(=O)CN(Cc1cc(OC)cc(OC)c1)C(=O)c1ccc(NC(=O)c2ccco2)s1. The maximum atomic E-state index is 13.2. The number of carbonyl (C=O) groups is 3. The number of hydrogen-bond donors (Lipinski definition) is 1. The van der Waals surface area contributed by atoms with Gasteiger partial charge >= 0.3 is 5.97 Å². The molecule has 0 saturated carbocycles. The van der Waals surface area contributed by atoms with Crippen molar-refractivity contribution in [3.8, 4) is 11.5 Å². The smallest absolute Gasteiger partial charge is 0.325 e. The zero-order valence-electron chi connectivity index (χ0n) is 17.7. The zero-order chi connectivity index (χ0) is 23.1. The van der Waals surface area contributed by atoms with Gasteiger partial charge in [-0.05, 0) is 42.0 Å². The van der Waals surface area contributed by atoms with Gasteiger partial charge in [-0.2, -0.15) is 0 Å². The van der Waals surface area contributed by atoms with Gasteiger partial charge in [0.2, 0.25) is 0 Å². The molecule has 10 heteroatoms. The normalized spacial score (nSPS) is 10.3. The van der Waals surface area contributed by atoms with E-state index in [1.165, 1.54) is 38.6 Å². The third-order valence-electron chi connectivity index (χ3n) is 4.42. The van der Waals surface area contributed by atoms with Crippen LogP contribution in [0.25, 0.3) is 0 Å². The van der Waals surface area contributed by atoms with Gasteiger partial charge in [-0.3, -0.25) is 14.4 Å². The van der Waals surface area contributed by atoms with E-state index in [-0.39, 0.29) is 24.8 Å². The molecule has 0 aliphatic rings. The highest BCUT2D eigenvalue weighted by molar-refractivity contribution is 7.18. The molecule has 0 saturated heterocycles. The molecule has 3 rings (SSSR count). The van der Waals surface area contributed by atoms with Crippen molar-refractivity contribution in [1.82, 2.24) is 4.90 Å². The Morgan fingerprint density at radius 1 is 1.03 bits per heavy atom. The van der Waals surface area contributed by atoms with Crippen molar-refractivity contribution in [3.63, 3.8) is 0 Å². The van der Waals surface area contributed by atoms with Crippen LogP contribution in [0.1, 0.15) is 25.8 Å². The van der Waals surface area contributed by atoms with Crippen molar-refractivity contribution >= 4 is 34.1 Å². The maximum absolute atomic E-state index is 13.2. The van der Waals surface area contributed by atoms with Gasteiger partial charge in [0, 0.05) is 12.6 Å². The third-order valence-corrected chi connectivity index (χ3v) is 5.41. The number of furan rings is 1. The summed E-state index contributed by atoms with van der Waals surface area (Å²) in [6, 6.07) is 11.6. The molecule has 0 atom stereocenters. The van der Waals surface area contributed by atoms with E-state index >= 15 is 0 Å². The predicted octanol–water partition coefficient (Wildman–Crippen LogP) is 3.43. The molecule has 0 unspecified atom stereocenters. The van der Waals surface area contributed by atoms with Gasteiger partial charge in [0.25, 0.3) is 11.8 Å². The molecule has 0 radical (unpaired) electrons. The number of anilines is 1. The Kier molecular flexibility index (Phi) is 7.50. The molecule has 168 valence electrons. The van der Waals surface area contributed by atoms with E-state index in [2.05, 4.69) is 5.32 Å². The molecular formula is C22H22N2O7S. The van der Waals surface area contributed by atoms with Crippen LogP contribution in [0, 0.1) is 0 Å². The van der Waals surface area contributed by atoms with E-state index in [0.717, 1.165) is 11.3 Å². The molecule has 0 aliphatic carbocycles. The highest BCUT2D eigenvalue weighted by Crippen LogP contribution is 2.27. The number of rotatable bonds is 9. The lowest BCUT2D eigenvalue weighted by Gasteiger charge is -2.21. The lowest BCUT2D eigenvalue weighted by Crippen LogP contribution is -2.35. The number of ether oxygens (including phenoxy) is 3. The van der Waals surface area contributed by atoms with E-state index in [1.807, 2.05) is 0 Å². The zero-order valence-corrected chi connectivity index (χ0v) is 18.6. The van der Waals surface area contributed by atoms with E-state index in [0.29, 0.717) is 26.9 Å². The highest BCUT2D eigenvalue weighted by atomic mass is 32.1. The molecule has 0 fully saturated rings. The molecule has 1 aromatic carbocycles. The first-order chi connectivity index (χ1) is 15.4. The summed E-state index contributed by atoms with van der Waals surface area (Å²) in [5.74, 6) is -0.0964. The van der Waals surface area contributed by atoms with Crippen molar-refractivity contribution in [2.45, 2.75) is 6.54 Å². The first kappa shape index (κ1) is 22.9. The Morgan fingerprint density at radius 2 is 1.75 bits per heavy atom. The Hall–Kier alpha value is -3.79. The number of esters is 1.